The van der Waals surface area contributed by atoms with Crippen LogP contribution in [0.2, 0.25) is 0 Å². The molecule has 0 aliphatic heterocycles. The Morgan fingerprint density at radius 1 is 1.58 bits per heavy atom. The van der Waals surface area contributed by atoms with E-state index in [1.165, 1.54) is 6.07 Å². The maximum atomic E-state index is 11.8. The monoisotopic (exact) mass is 326 g/mol. The Hall–Kier alpha value is -0.860. The Bertz CT molecular complexity index is 582. The van der Waals surface area contributed by atoms with Crippen molar-refractivity contribution in [2.24, 2.45) is 0 Å². The quantitative estimate of drug-likeness (QED) is 0.757. The first kappa shape index (κ1) is 16.2. The van der Waals surface area contributed by atoms with Crippen LogP contribution in [0.3, 0.4) is 0 Å². The third-order valence-electron chi connectivity index (χ3n) is 2.40. The van der Waals surface area contributed by atoms with Gasteiger partial charge in [0.2, 0.25) is 0 Å². The molecule has 1 aromatic rings. The highest BCUT2D eigenvalue weighted by molar-refractivity contribution is 8.13. The minimum atomic E-state index is -3.84. The standard InChI is InChI=1S/C10H15ClN2O4S2/c1-7(3-4-18(2)15)13-10(14)9-5-8(6-12-9)19(11,16)17/h5-7,12H,3-4H2,1-2H3,(H,13,14). The van der Waals surface area contributed by atoms with Gasteiger partial charge >= 0.3 is 0 Å². The summed E-state index contributed by atoms with van der Waals surface area (Å²) >= 11 is 0. The molecule has 0 fully saturated rings. The molecular formula is C10H15ClN2O4S2. The summed E-state index contributed by atoms with van der Waals surface area (Å²) in [6.45, 7) is 1.78. The van der Waals surface area contributed by atoms with E-state index in [4.69, 9.17) is 10.7 Å². The van der Waals surface area contributed by atoms with Crippen molar-refractivity contribution >= 4 is 36.4 Å². The topological polar surface area (TPSA) is 96.1 Å². The Balaban J connectivity index is 2.64. The van der Waals surface area contributed by atoms with Crippen LogP contribution < -0.4 is 5.32 Å². The highest BCUT2D eigenvalue weighted by atomic mass is 35.7. The molecule has 0 bridgehead atoms. The molecule has 1 rings (SSSR count). The lowest BCUT2D eigenvalue weighted by atomic mass is 10.2. The zero-order chi connectivity index (χ0) is 14.6. The molecule has 0 spiro atoms. The normalized spacial score (nSPS) is 14.9. The zero-order valence-electron chi connectivity index (χ0n) is 10.5. The Labute approximate surface area is 118 Å². The fourth-order valence-electron chi connectivity index (χ4n) is 1.36. The second-order valence-corrected chi connectivity index (χ2v) is 8.25. The lowest BCUT2D eigenvalue weighted by Gasteiger charge is -2.12. The average Bonchev–Trinajstić information content (AvgIpc) is 2.75. The van der Waals surface area contributed by atoms with Crippen LogP contribution in [-0.4, -0.2) is 41.6 Å². The first-order chi connectivity index (χ1) is 8.70. The van der Waals surface area contributed by atoms with Crippen LogP contribution >= 0.6 is 10.7 Å². The van der Waals surface area contributed by atoms with Crippen LogP contribution in [0.4, 0.5) is 0 Å². The van der Waals surface area contributed by atoms with Gasteiger partial charge < -0.3 is 10.3 Å². The van der Waals surface area contributed by atoms with E-state index in [1.807, 2.05) is 0 Å². The maximum Gasteiger partial charge on any atom is 0.267 e. The molecule has 2 atom stereocenters. The van der Waals surface area contributed by atoms with Gasteiger partial charge in [-0.25, -0.2) is 8.42 Å². The minimum Gasteiger partial charge on any atom is -0.356 e. The van der Waals surface area contributed by atoms with E-state index in [-0.39, 0.29) is 16.6 Å². The number of aromatic amines is 1. The van der Waals surface area contributed by atoms with E-state index >= 15 is 0 Å². The summed E-state index contributed by atoms with van der Waals surface area (Å²) in [6, 6.07) is 1.01. The van der Waals surface area contributed by atoms with Gasteiger partial charge in [0.05, 0.1) is 0 Å². The molecule has 6 nitrogen and oxygen atoms in total. The van der Waals surface area contributed by atoms with Crippen molar-refractivity contribution in [1.29, 1.82) is 0 Å². The van der Waals surface area contributed by atoms with Crippen LogP contribution in [0.1, 0.15) is 23.8 Å². The molecular weight excluding hydrogens is 312 g/mol. The molecule has 9 heteroatoms. The minimum absolute atomic E-state index is 0.115. The molecule has 0 saturated carbocycles. The van der Waals surface area contributed by atoms with Crippen LogP contribution in [0.25, 0.3) is 0 Å². The second kappa shape index (κ2) is 6.53. The zero-order valence-corrected chi connectivity index (χ0v) is 12.9. The number of carbonyl (C=O) groups excluding carboxylic acids is 1. The van der Waals surface area contributed by atoms with Gasteiger partial charge in [0.15, 0.2) is 0 Å². The Kier molecular flexibility index (Phi) is 5.57. The van der Waals surface area contributed by atoms with Crippen LogP contribution in [0.15, 0.2) is 17.2 Å². The van der Waals surface area contributed by atoms with Crippen molar-refractivity contribution < 1.29 is 17.4 Å². The molecule has 0 radical (unpaired) electrons. The van der Waals surface area contributed by atoms with Crippen LogP contribution in [-0.2, 0) is 19.9 Å². The van der Waals surface area contributed by atoms with Crippen LogP contribution in [0.5, 0.6) is 0 Å². The number of carbonyl (C=O) groups is 1. The third kappa shape index (κ3) is 5.33. The van der Waals surface area contributed by atoms with Crippen molar-refractivity contribution in [3.05, 3.63) is 18.0 Å². The Morgan fingerprint density at radius 3 is 2.68 bits per heavy atom. The summed E-state index contributed by atoms with van der Waals surface area (Å²) in [5.41, 5.74) is 0.115. The number of amides is 1. The smallest absolute Gasteiger partial charge is 0.267 e. The first-order valence-electron chi connectivity index (χ1n) is 5.44. The first-order valence-corrected chi connectivity index (χ1v) is 9.47. The molecule has 1 amide bonds. The fraction of sp³-hybridized carbons (Fsp3) is 0.500. The Morgan fingerprint density at radius 2 is 2.21 bits per heavy atom. The van der Waals surface area contributed by atoms with E-state index in [0.29, 0.717) is 12.2 Å². The number of hydrogen-bond acceptors (Lipinski definition) is 4. The maximum absolute atomic E-state index is 11.8. The summed E-state index contributed by atoms with van der Waals surface area (Å²) in [5.74, 6) is 0.0639. The summed E-state index contributed by atoms with van der Waals surface area (Å²) < 4.78 is 33.0. The summed E-state index contributed by atoms with van der Waals surface area (Å²) in [5, 5.41) is 2.67. The van der Waals surface area contributed by atoms with Gasteiger partial charge in [-0.1, -0.05) is 0 Å². The van der Waals surface area contributed by atoms with E-state index in [1.54, 1.807) is 13.2 Å². The number of H-pyrrole nitrogens is 1. The van der Waals surface area contributed by atoms with Gasteiger partial charge in [0.1, 0.15) is 10.6 Å². The van der Waals surface area contributed by atoms with E-state index in [9.17, 15) is 17.4 Å². The van der Waals surface area contributed by atoms with Gasteiger partial charge in [0.25, 0.3) is 15.0 Å². The van der Waals surface area contributed by atoms with E-state index in [2.05, 4.69) is 10.3 Å². The molecule has 1 aromatic heterocycles. The molecule has 1 heterocycles. The van der Waals surface area contributed by atoms with E-state index in [0.717, 1.165) is 6.20 Å². The van der Waals surface area contributed by atoms with Crippen molar-refractivity contribution in [3.63, 3.8) is 0 Å². The number of rotatable bonds is 6. The van der Waals surface area contributed by atoms with Gasteiger partial charge in [0, 0.05) is 45.7 Å². The molecule has 0 saturated heterocycles. The summed E-state index contributed by atoms with van der Waals surface area (Å²) in [7, 11) is 0.400. The number of halogens is 1. The number of nitrogens with one attached hydrogen (secondary N) is 2. The molecule has 0 aliphatic carbocycles. The molecule has 2 unspecified atom stereocenters. The van der Waals surface area contributed by atoms with Gasteiger partial charge in [-0.15, -0.1) is 0 Å². The molecule has 108 valence electrons. The van der Waals surface area contributed by atoms with Crippen molar-refractivity contribution in [2.75, 3.05) is 12.0 Å². The van der Waals surface area contributed by atoms with Gasteiger partial charge in [-0.2, -0.15) is 0 Å². The number of aromatic nitrogens is 1. The SMILES string of the molecule is CC(CCS(C)=O)NC(=O)c1cc(S(=O)(=O)Cl)c[nH]1. The lowest BCUT2D eigenvalue weighted by molar-refractivity contribution is 0.0935. The molecule has 19 heavy (non-hydrogen) atoms. The van der Waals surface area contributed by atoms with Gasteiger partial charge in [-0.3, -0.25) is 9.00 Å². The van der Waals surface area contributed by atoms with E-state index < -0.39 is 25.8 Å². The molecule has 2 N–H and O–H groups in total. The van der Waals surface area contributed by atoms with Crippen molar-refractivity contribution in [3.8, 4) is 0 Å². The van der Waals surface area contributed by atoms with Crippen LogP contribution in [0, 0.1) is 0 Å². The van der Waals surface area contributed by atoms with Crippen molar-refractivity contribution in [1.82, 2.24) is 10.3 Å². The number of hydrogen-bond donors (Lipinski definition) is 2. The highest BCUT2D eigenvalue weighted by Gasteiger charge is 2.17. The average molecular weight is 327 g/mol. The van der Waals surface area contributed by atoms with Gasteiger partial charge in [-0.05, 0) is 19.4 Å². The third-order valence-corrected chi connectivity index (χ3v) is 4.54. The molecule has 0 aromatic carbocycles. The fourth-order valence-corrected chi connectivity index (χ4v) is 2.77. The largest absolute Gasteiger partial charge is 0.356 e. The predicted octanol–water partition coefficient (Wildman–Crippen LogP) is 0.829. The second-order valence-electron chi connectivity index (χ2n) is 4.13. The highest BCUT2D eigenvalue weighted by Crippen LogP contribution is 2.15. The lowest BCUT2D eigenvalue weighted by Crippen LogP contribution is -2.33. The van der Waals surface area contributed by atoms with Crippen molar-refractivity contribution in [2.45, 2.75) is 24.3 Å². The summed E-state index contributed by atoms with van der Waals surface area (Å²) in [6.07, 6.45) is 3.33. The summed E-state index contributed by atoms with van der Waals surface area (Å²) in [4.78, 5) is 14.2. The predicted molar refractivity (Wildman–Crippen MR) is 74.3 cm³/mol. The molecule has 0 aliphatic rings.